The summed E-state index contributed by atoms with van der Waals surface area (Å²) in [6.07, 6.45) is 6.04. The average Bonchev–Trinajstić information content (AvgIpc) is 2.42. The van der Waals surface area contributed by atoms with Gasteiger partial charge in [0.15, 0.2) is 0 Å². The van der Waals surface area contributed by atoms with Gasteiger partial charge in [-0.3, -0.25) is 4.90 Å². The third-order valence-corrected chi connectivity index (χ3v) is 4.67. The Kier molecular flexibility index (Phi) is 4.66. The Hall–Kier alpha value is -1.54. The van der Waals surface area contributed by atoms with E-state index in [0.29, 0.717) is 11.7 Å². The minimum Gasteiger partial charge on any atom is -0.508 e. The molecule has 0 radical (unpaired) electrons. The highest BCUT2D eigenvalue weighted by Gasteiger charge is 2.40. The molecule has 0 unspecified atom stereocenters. The Morgan fingerprint density at radius 2 is 2.20 bits per heavy atom. The van der Waals surface area contributed by atoms with Gasteiger partial charge in [0.25, 0.3) is 0 Å². The SMILES string of the molecule is C=CCN1CC[C@@](CC=C)(c2cccc(O)c2)[C@H](C)C1. The Labute approximate surface area is 122 Å². The second-order valence-electron chi connectivity index (χ2n) is 5.90. The fraction of sp³-hybridized carbons (Fsp3) is 0.444. The third-order valence-electron chi connectivity index (χ3n) is 4.67. The van der Waals surface area contributed by atoms with E-state index in [2.05, 4.69) is 31.0 Å². The highest BCUT2D eigenvalue weighted by atomic mass is 16.3. The smallest absolute Gasteiger partial charge is 0.115 e. The Morgan fingerprint density at radius 3 is 2.80 bits per heavy atom. The molecule has 0 aliphatic carbocycles. The van der Waals surface area contributed by atoms with E-state index in [1.165, 1.54) is 5.56 Å². The van der Waals surface area contributed by atoms with Crippen LogP contribution in [0.4, 0.5) is 0 Å². The first-order chi connectivity index (χ1) is 9.62. The molecule has 2 atom stereocenters. The summed E-state index contributed by atoms with van der Waals surface area (Å²) in [7, 11) is 0. The van der Waals surface area contributed by atoms with Crippen LogP contribution in [0.5, 0.6) is 5.75 Å². The molecular weight excluding hydrogens is 246 g/mol. The molecular formula is C18H25NO. The van der Waals surface area contributed by atoms with Gasteiger partial charge in [0.2, 0.25) is 0 Å². The first-order valence-corrected chi connectivity index (χ1v) is 7.36. The number of allylic oxidation sites excluding steroid dienone is 1. The molecule has 2 heteroatoms. The van der Waals surface area contributed by atoms with Crippen LogP contribution < -0.4 is 0 Å². The second-order valence-corrected chi connectivity index (χ2v) is 5.90. The van der Waals surface area contributed by atoms with Crippen LogP contribution in [0.2, 0.25) is 0 Å². The summed E-state index contributed by atoms with van der Waals surface area (Å²) in [5, 5.41) is 9.80. The summed E-state index contributed by atoms with van der Waals surface area (Å²) >= 11 is 0. The maximum atomic E-state index is 9.80. The van der Waals surface area contributed by atoms with E-state index in [1.807, 2.05) is 24.3 Å². The van der Waals surface area contributed by atoms with Crippen LogP contribution >= 0.6 is 0 Å². The molecule has 1 heterocycles. The number of nitrogens with zero attached hydrogens (tertiary/aromatic N) is 1. The van der Waals surface area contributed by atoms with E-state index < -0.39 is 0 Å². The summed E-state index contributed by atoms with van der Waals surface area (Å²) in [6.45, 7) is 13.2. The van der Waals surface area contributed by atoms with Crippen LogP contribution in [0.3, 0.4) is 0 Å². The average molecular weight is 271 g/mol. The number of rotatable bonds is 5. The number of aromatic hydroxyl groups is 1. The lowest BCUT2D eigenvalue weighted by atomic mass is 9.64. The first-order valence-electron chi connectivity index (χ1n) is 7.36. The van der Waals surface area contributed by atoms with Gasteiger partial charge >= 0.3 is 0 Å². The zero-order valence-corrected chi connectivity index (χ0v) is 12.4. The van der Waals surface area contributed by atoms with Crippen molar-refractivity contribution in [1.82, 2.24) is 4.90 Å². The lowest BCUT2D eigenvalue weighted by Gasteiger charge is -2.47. The van der Waals surface area contributed by atoms with Crippen LogP contribution in [0.15, 0.2) is 49.6 Å². The predicted molar refractivity (Wildman–Crippen MR) is 85.0 cm³/mol. The van der Waals surface area contributed by atoms with Crippen molar-refractivity contribution in [2.75, 3.05) is 19.6 Å². The molecule has 1 saturated heterocycles. The highest BCUT2D eigenvalue weighted by molar-refractivity contribution is 5.35. The summed E-state index contributed by atoms with van der Waals surface area (Å²) in [5.74, 6) is 0.877. The van der Waals surface area contributed by atoms with Crippen molar-refractivity contribution in [3.63, 3.8) is 0 Å². The largest absolute Gasteiger partial charge is 0.508 e. The Morgan fingerprint density at radius 1 is 1.40 bits per heavy atom. The van der Waals surface area contributed by atoms with E-state index in [0.717, 1.165) is 32.5 Å². The van der Waals surface area contributed by atoms with E-state index in [4.69, 9.17) is 0 Å². The van der Waals surface area contributed by atoms with Crippen molar-refractivity contribution in [3.8, 4) is 5.75 Å². The zero-order valence-electron chi connectivity index (χ0n) is 12.4. The van der Waals surface area contributed by atoms with Crippen molar-refractivity contribution < 1.29 is 5.11 Å². The Balaban J connectivity index is 2.31. The molecule has 0 amide bonds. The Bertz CT molecular complexity index is 482. The van der Waals surface area contributed by atoms with Gasteiger partial charge in [-0.25, -0.2) is 0 Å². The van der Waals surface area contributed by atoms with E-state index in [1.54, 1.807) is 6.07 Å². The quantitative estimate of drug-likeness (QED) is 0.825. The second kappa shape index (κ2) is 6.27. The topological polar surface area (TPSA) is 23.5 Å². The van der Waals surface area contributed by atoms with Gasteiger partial charge < -0.3 is 5.11 Å². The molecule has 2 nitrogen and oxygen atoms in total. The fourth-order valence-electron chi connectivity index (χ4n) is 3.53. The molecule has 1 aliphatic rings. The van der Waals surface area contributed by atoms with Gasteiger partial charge in [0.05, 0.1) is 0 Å². The molecule has 0 aromatic heterocycles. The third kappa shape index (κ3) is 2.80. The van der Waals surface area contributed by atoms with Crippen molar-refractivity contribution in [2.24, 2.45) is 5.92 Å². The van der Waals surface area contributed by atoms with Gasteiger partial charge in [0, 0.05) is 18.5 Å². The standard InChI is InChI=1S/C18H25NO/c1-4-9-18(16-7-6-8-17(20)13-16)10-12-19(11-5-2)14-15(18)3/h4-8,13,15,20H,1-2,9-12,14H2,3H3/t15-,18-/m1/s1. The summed E-state index contributed by atoms with van der Waals surface area (Å²) in [6, 6.07) is 7.74. The maximum absolute atomic E-state index is 9.80. The van der Waals surface area contributed by atoms with E-state index in [-0.39, 0.29) is 5.41 Å². The molecule has 108 valence electrons. The molecule has 0 saturated carbocycles. The summed E-state index contributed by atoms with van der Waals surface area (Å²) < 4.78 is 0. The lowest BCUT2D eigenvalue weighted by Crippen LogP contribution is -2.48. The monoisotopic (exact) mass is 271 g/mol. The van der Waals surface area contributed by atoms with Gasteiger partial charge in [0.1, 0.15) is 5.75 Å². The highest BCUT2D eigenvalue weighted by Crippen LogP contribution is 2.43. The number of likely N-dealkylation sites (tertiary alicyclic amines) is 1. The zero-order chi connectivity index (χ0) is 14.6. The molecule has 1 fully saturated rings. The maximum Gasteiger partial charge on any atom is 0.115 e. The van der Waals surface area contributed by atoms with Gasteiger partial charge in [-0.05, 0) is 43.0 Å². The molecule has 1 aromatic carbocycles. The van der Waals surface area contributed by atoms with Crippen molar-refractivity contribution >= 4 is 0 Å². The van der Waals surface area contributed by atoms with Crippen molar-refractivity contribution in [1.29, 1.82) is 0 Å². The number of hydrogen-bond donors (Lipinski definition) is 1. The number of hydrogen-bond acceptors (Lipinski definition) is 2. The summed E-state index contributed by atoms with van der Waals surface area (Å²) in [4.78, 5) is 2.45. The molecule has 1 aliphatic heterocycles. The number of phenolic OH excluding ortho intramolecular Hbond substituents is 1. The van der Waals surface area contributed by atoms with Gasteiger partial charge in [-0.1, -0.05) is 31.2 Å². The van der Waals surface area contributed by atoms with Gasteiger partial charge in [-0.15, -0.1) is 13.2 Å². The predicted octanol–water partition coefficient (Wildman–Crippen LogP) is 3.73. The lowest BCUT2D eigenvalue weighted by molar-refractivity contribution is 0.111. The van der Waals surface area contributed by atoms with Crippen LogP contribution in [0, 0.1) is 5.92 Å². The van der Waals surface area contributed by atoms with E-state index in [9.17, 15) is 5.11 Å². The molecule has 0 bridgehead atoms. The molecule has 1 N–H and O–H groups in total. The first kappa shape index (κ1) is 14.9. The number of benzene rings is 1. The van der Waals surface area contributed by atoms with Gasteiger partial charge in [-0.2, -0.15) is 0 Å². The molecule has 2 rings (SSSR count). The van der Waals surface area contributed by atoms with Crippen molar-refractivity contribution in [3.05, 3.63) is 55.1 Å². The fourth-order valence-corrected chi connectivity index (χ4v) is 3.53. The van der Waals surface area contributed by atoms with E-state index >= 15 is 0 Å². The van der Waals surface area contributed by atoms with Crippen LogP contribution in [0.25, 0.3) is 0 Å². The molecule has 1 aromatic rings. The van der Waals surface area contributed by atoms with Crippen LogP contribution in [-0.2, 0) is 5.41 Å². The molecule has 20 heavy (non-hydrogen) atoms. The minimum atomic E-state index is 0.0954. The molecule has 0 spiro atoms. The van der Waals surface area contributed by atoms with Crippen molar-refractivity contribution in [2.45, 2.75) is 25.2 Å². The van der Waals surface area contributed by atoms with Crippen LogP contribution in [0.1, 0.15) is 25.3 Å². The normalized spacial score (nSPS) is 27.1. The number of phenols is 1. The minimum absolute atomic E-state index is 0.0954. The van der Waals surface area contributed by atoms with Crippen LogP contribution in [-0.4, -0.2) is 29.6 Å². The summed E-state index contributed by atoms with van der Waals surface area (Å²) in [5.41, 5.74) is 1.33. The number of piperidine rings is 1.